The number of hydrogen-bond donors (Lipinski definition) is 0. The Hall–Kier alpha value is -1.28. The Bertz CT molecular complexity index is 407. The van der Waals surface area contributed by atoms with Crippen LogP contribution >= 0.6 is 11.6 Å². The highest BCUT2D eigenvalue weighted by Gasteiger charge is 2.02. The van der Waals surface area contributed by atoms with Crippen LogP contribution in [0.25, 0.3) is 5.69 Å². The van der Waals surface area contributed by atoms with E-state index in [4.69, 9.17) is 11.6 Å². The van der Waals surface area contributed by atoms with Crippen LogP contribution in [0.2, 0.25) is 0 Å². The minimum absolute atomic E-state index is 0.0403. The first-order valence-electron chi connectivity index (χ1n) is 4.50. The Morgan fingerprint density at radius 2 is 2.29 bits per heavy atom. The standard InChI is InChI=1S/C11H11ClN2/c1-9(12)10-3-2-4-11(7-10)14-6-5-13-8-14/h2-9H,1H3. The molecule has 0 amide bonds. The van der Waals surface area contributed by atoms with Crippen molar-refractivity contribution in [3.05, 3.63) is 48.5 Å². The van der Waals surface area contributed by atoms with Crippen molar-refractivity contribution in [1.29, 1.82) is 0 Å². The van der Waals surface area contributed by atoms with Gasteiger partial charge in [-0.2, -0.15) is 0 Å². The number of alkyl halides is 1. The molecule has 72 valence electrons. The quantitative estimate of drug-likeness (QED) is 0.691. The zero-order chi connectivity index (χ0) is 9.97. The Morgan fingerprint density at radius 1 is 1.43 bits per heavy atom. The zero-order valence-electron chi connectivity index (χ0n) is 7.89. The molecule has 0 fully saturated rings. The van der Waals surface area contributed by atoms with Gasteiger partial charge in [0.1, 0.15) is 0 Å². The van der Waals surface area contributed by atoms with Gasteiger partial charge in [0.05, 0.1) is 11.7 Å². The summed E-state index contributed by atoms with van der Waals surface area (Å²) in [4.78, 5) is 4.00. The van der Waals surface area contributed by atoms with Gasteiger partial charge in [-0.1, -0.05) is 12.1 Å². The second-order valence-corrected chi connectivity index (χ2v) is 3.84. The molecule has 0 bridgehead atoms. The molecule has 0 spiro atoms. The van der Waals surface area contributed by atoms with Crippen LogP contribution in [0, 0.1) is 0 Å². The summed E-state index contributed by atoms with van der Waals surface area (Å²) in [6.45, 7) is 1.97. The van der Waals surface area contributed by atoms with E-state index < -0.39 is 0 Å². The monoisotopic (exact) mass is 206 g/mol. The van der Waals surface area contributed by atoms with Crippen LogP contribution in [-0.4, -0.2) is 9.55 Å². The molecule has 3 heteroatoms. The molecule has 0 saturated carbocycles. The average Bonchev–Trinajstić information content (AvgIpc) is 2.71. The van der Waals surface area contributed by atoms with Crippen LogP contribution in [0.5, 0.6) is 0 Å². The molecule has 0 aliphatic carbocycles. The second kappa shape index (κ2) is 3.84. The molecule has 2 nitrogen and oxygen atoms in total. The first kappa shape index (κ1) is 9.28. The maximum absolute atomic E-state index is 6.01. The number of hydrogen-bond acceptors (Lipinski definition) is 1. The van der Waals surface area contributed by atoms with E-state index in [-0.39, 0.29) is 5.38 Å². The van der Waals surface area contributed by atoms with Crippen LogP contribution < -0.4 is 0 Å². The molecule has 1 heterocycles. The Labute approximate surface area is 88.2 Å². The van der Waals surface area contributed by atoms with E-state index in [0.717, 1.165) is 11.3 Å². The molecule has 1 atom stereocenters. The van der Waals surface area contributed by atoms with Crippen molar-refractivity contribution in [2.45, 2.75) is 12.3 Å². The van der Waals surface area contributed by atoms with Gasteiger partial charge in [-0.25, -0.2) is 4.98 Å². The Kier molecular flexibility index (Phi) is 2.55. The number of aromatic nitrogens is 2. The predicted octanol–water partition coefficient (Wildman–Crippen LogP) is 3.17. The topological polar surface area (TPSA) is 17.8 Å². The van der Waals surface area contributed by atoms with Crippen LogP contribution in [0.4, 0.5) is 0 Å². The number of rotatable bonds is 2. The molecule has 1 aromatic carbocycles. The van der Waals surface area contributed by atoms with Crippen molar-refractivity contribution in [2.75, 3.05) is 0 Å². The normalized spacial score (nSPS) is 12.7. The Morgan fingerprint density at radius 3 is 2.93 bits per heavy atom. The van der Waals surface area contributed by atoms with Gasteiger partial charge in [0.15, 0.2) is 0 Å². The van der Waals surface area contributed by atoms with E-state index >= 15 is 0 Å². The highest BCUT2D eigenvalue weighted by molar-refractivity contribution is 6.20. The molecule has 2 aromatic rings. The number of halogens is 1. The van der Waals surface area contributed by atoms with Crippen LogP contribution in [0.3, 0.4) is 0 Å². The fourth-order valence-electron chi connectivity index (χ4n) is 1.34. The summed E-state index contributed by atoms with van der Waals surface area (Å²) in [5.74, 6) is 0. The molecular weight excluding hydrogens is 196 g/mol. The minimum Gasteiger partial charge on any atom is -0.306 e. The van der Waals surface area contributed by atoms with Crippen molar-refractivity contribution in [2.24, 2.45) is 0 Å². The molecule has 1 aromatic heterocycles. The second-order valence-electron chi connectivity index (χ2n) is 3.18. The smallest absolute Gasteiger partial charge is 0.0991 e. The lowest BCUT2D eigenvalue weighted by Gasteiger charge is -2.06. The summed E-state index contributed by atoms with van der Waals surface area (Å²) in [5.41, 5.74) is 2.21. The van der Waals surface area contributed by atoms with Crippen LogP contribution in [0.15, 0.2) is 43.0 Å². The summed E-state index contributed by atoms with van der Waals surface area (Å²) in [6, 6.07) is 8.13. The van der Waals surface area contributed by atoms with Gasteiger partial charge in [0.2, 0.25) is 0 Å². The van der Waals surface area contributed by atoms with Crippen molar-refractivity contribution in [3.63, 3.8) is 0 Å². The molecule has 0 radical (unpaired) electrons. The van der Waals surface area contributed by atoms with E-state index in [0.29, 0.717) is 0 Å². The zero-order valence-corrected chi connectivity index (χ0v) is 8.65. The largest absolute Gasteiger partial charge is 0.306 e. The SMILES string of the molecule is CC(Cl)c1cccc(-n2ccnc2)c1. The highest BCUT2D eigenvalue weighted by atomic mass is 35.5. The molecule has 0 aliphatic heterocycles. The fourth-order valence-corrected chi connectivity index (χ4v) is 1.48. The summed E-state index contributed by atoms with van der Waals surface area (Å²) in [5, 5.41) is 0.0403. The highest BCUT2D eigenvalue weighted by Crippen LogP contribution is 2.21. The van der Waals surface area contributed by atoms with E-state index in [9.17, 15) is 0 Å². The van der Waals surface area contributed by atoms with Gasteiger partial charge in [0, 0.05) is 18.1 Å². The molecule has 1 unspecified atom stereocenters. The van der Waals surface area contributed by atoms with Crippen molar-refractivity contribution < 1.29 is 0 Å². The maximum Gasteiger partial charge on any atom is 0.0991 e. The average molecular weight is 207 g/mol. The van der Waals surface area contributed by atoms with E-state index in [1.165, 1.54) is 0 Å². The lowest BCUT2D eigenvalue weighted by atomic mass is 10.1. The van der Waals surface area contributed by atoms with Crippen molar-refractivity contribution in [3.8, 4) is 5.69 Å². The summed E-state index contributed by atoms with van der Waals surface area (Å²) >= 11 is 6.01. The number of nitrogens with zero attached hydrogens (tertiary/aromatic N) is 2. The number of imidazole rings is 1. The molecular formula is C11H11ClN2. The third-order valence-electron chi connectivity index (χ3n) is 2.13. The molecule has 0 saturated heterocycles. The third-order valence-corrected chi connectivity index (χ3v) is 2.38. The molecule has 14 heavy (non-hydrogen) atoms. The maximum atomic E-state index is 6.01. The van der Waals surface area contributed by atoms with E-state index in [2.05, 4.69) is 11.1 Å². The van der Waals surface area contributed by atoms with Gasteiger partial charge in [-0.15, -0.1) is 11.6 Å². The summed E-state index contributed by atoms with van der Waals surface area (Å²) < 4.78 is 1.96. The lowest BCUT2D eigenvalue weighted by molar-refractivity contribution is 1.03. The lowest BCUT2D eigenvalue weighted by Crippen LogP contribution is -1.92. The van der Waals surface area contributed by atoms with Crippen LogP contribution in [-0.2, 0) is 0 Å². The molecule has 0 N–H and O–H groups in total. The number of benzene rings is 1. The molecule has 2 rings (SSSR count). The van der Waals surface area contributed by atoms with E-state index in [1.807, 2.05) is 35.9 Å². The van der Waals surface area contributed by atoms with Gasteiger partial charge < -0.3 is 4.57 Å². The van der Waals surface area contributed by atoms with Crippen molar-refractivity contribution >= 4 is 11.6 Å². The third kappa shape index (κ3) is 1.80. The van der Waals surface area contributed by atoms with Gasteiger partial charge in [-0.3, -0.25) is 0 Å². The van der Waals surface area contributed by atoms with Crippen LogP contribution in [0.1, 0.15) is 17.9 Å². The van der Waals surface area contributed by atoms with Crippen molar-refractivity contribution in [1.82, 2.24) is 9.55 Å². The summed E-state index contributed by atoms with van der Waals surface area (Å²) in [6.07, 6.45) is 5.45. The first-order valence-corrected chi connectivity index (χ1v) is 4.93. The molecule has 0 aliphatic rings. The minimum atomic E-state index is 0.0403. The van der Waals surface area contributed by atoms with E-state index in [1.54, 1.807) is 12.5 Å². The van der Waals surface area contributed by atoms with Gasteiger partial charge in [-0.05, 0) is 24.6 Å². The summed E-state index contributed by atoms with van der Waals surface area (Å²) in [7, 11) is 0. The predicted molar refractivity (Wildman–Crippen MR) is 57.8 cm³/mol. The fraction of sp³-hybridized carbons (Fsp3) is 0.182. The van der Waals surface area contributed by atoms with Gasteiger partial charge >= 0.3 is 0 Å². The first-order chi connectivity index (χ1) is 6.77. The Balaban J connectivity index is 2.41. The van der Waals surface area contributed by atoms with Gasteiger partial charge in [0.25, 0.3) is 0 Å².